The first-order valence-corrected chi connectivity index (χ1v) is 8.24. The monoisotopic (exact) mass is 330 g/mol. The quantitative estimate of drug-likeness (QED) is 0.779. The highest BCUT2D eigenvalue weighted by molar-refractivity contribution is 7.12. The lowest BCUT2D eigenvalue weighted by Crippen LogP contribution is -2.42. The number of carbonyl (C=O) groups excluding carboxylic acids is 1. The molecule has 0 aliphatic carbocycles. The summed E-state index contributed by atoms with van der Waals surface area (Å²) in [6, 6.07) is 7.27. The Balaban J connectivity index is 1.91. The van der Waals surface area contributed by atoms with Gasteiger partial charge in [0.25, 0.3) is 5.91 Å². The molecule has 0 bridgehead atoms. The zero-order valence-electron chi connectivity index (χ0n) is 13.2. The van der Waals surface area contributed by atoms with Crippen molar-refractivity contribution in [3.8, 4) is 11.6 Å². The van der Waals surface area contributed by atoms with Crippen LogP contribution < -0.4 is 5.32 Å². The van der Waals surface area contributed by atoms with Crippen LogP contribution in [0.25, 0.3) is 11.6 Å². The smallest absolute Gasteiger partial charge is 0.262 e. The van der Waals surface area contributed by atoms with E-state index in [0.717, 1.165) is 0 Å². The zero-order valence-corrected chi connectivity index (χ0v) is 14.1. The molecule has 0 spiro atoms. The third-order valence-electron chi connectivity index (χ3n) is 3.44. The third-order valence-corrected chi connectivity index (χ3v) is 4.31. The minimum Gasteiger partial charge on any atom is -0.461 e. The summed E-state index contributed by atoms with van der Waals surface area (Å²) in [6.07, 6.45) is 1.59. The van der Waals surface area contributed by atoms with E-state index in [-0.39, 0.29) is 5.91 Å². The number of hydrogen-bond acceptors (Lipinski definition) is 5. The highest BCUT2D eigenvalue weighted by Gasteiger charge is 2.30. The average molecular weight is 330 g/mol. The summed E-state index contributed by atoms with van der Waals surface area (Å²) in [5.41, 5.74) is -0.658. The number of nitrogens with zero attached hydrogens (tertiary/aromatic N) is 3. The van der Waals surface area contributed by atoms with Gasteiger partial charge in [0.1, 0.15) is 0 Å². The first kappa shape index (κ1) is 15.5. The number of furan rings is 1. The first-order valence-electron chi connectivity index (χ1n) is 7.36. The molecule has 0 fully saturated rings. The van der Waals surface area contributed by atoms with Crippen molar-refractivity contribution in [1.29, 1.82) is 0 Å². The van der Waals surface area contributed by atoms with Crippen LogP contribution in [0, 0.1) is 0 Å². The van der Waals surface area contributed by atoms with E-state index in [4.69, 9.17) is 4.42 Å². The number of aromatic nitrogens is 3. The van der Waals surface area contributed by atoms with Crippen molar-refractivity contribution >= 4 is 17.2 Å². The zero-order chi connectivity index (χ0) is 16.4. The van der Waals surface area contributed by atoms with Gasteiger partial charge in [-0.05, 0) is 44.4 Å². The van der Waals surface area contributed by atoms with Crippen molar-refractivity contribution in [3.63, 3.8) is 0 Å². The molecule has 23 heavy (non-hydrogen) atoms. The topological polar surface area (TPSA) is 73.0 Å². The van der Waals surface area contributed by atoms with Crippen LogP contribution in [0.5, 0.6) is 0 Å². The Labute approximate surface area is 138 Å². The maximum atomic E-state index is 12.4. The molecule has 1 amide bonds. The summed E-state index contributed by atoms with van der Waals surface area (Å²) in [4.78, 5) is 17.6. The molecule has 0 aliphatic heterocycles. The molecule has 0 radical (unpaired) electrons. The largest absolute Gasteiger partial charge is 0.461 e. The van der Waals surface area contributed by atoms with E-state index in [1.165, 1.54) is 11.3 Å². The van der Waals surface area contributed by atoms with Crippen LogP contribution in [0.1, 0.15) is 36.3 Å². The molecule has 3 heterocycles. The van der Waals surface area contributed by atoms with Gasteiger partial charge >= 0.3 is 0 Å². The summed E-state index contributed by atoms with van der Waals surface area (Å²) >= 11 is 1.41. The molecule has 0 atom stereocenters. The van der Waals surface area contributed by atoms with Gasteiger partial charge in [-0.15, -0.1) is 16.4 Å². The van der Waals surface area contributed by atoms with E-state index >= 15 is 0 Å². The lowest BCUT2D eigenvalue weighted by Gasteiger charge is -2.25. The van der Waals surface area contributed by atoms with Crippen LogP contribution in [-0.4, -0.2) is 20.7 Å². The molecule has 1 N–H and O–H groups in total. The molecule has 0 unspecified atom stereocenters. The summed E-state index contributed by atoms with van der Waals surface area (Å²) in [5, 5.41) is 9.38. The van der Waals surface area contributed by atoms with E-state index in [2.05, 4.69) is 15.4 Å². The van der Waals surface area contributed by atoms with Crippen molar-refractivity contribution in [3.05, 3.63) is 46.6 Å². The SMILES string of the molecule is CCn1nc(-c2ccco2)nc1C(C)(C)NC(=O)c1cccs1. The molecular weight excluding hydrogens is 312 g/mol. The van der Waals surface area contributed by atoms with Gasteiger partial charge in [0, 0.05) is 6.54 Å². The molecule has 3 rings (SSSR count). The van der Waals surface area contributed by atoms with E-state index in [1.54, 1.807) is 23.1 Å². The van der Waals surface area contributed by atoms with Gasteiger partial charge in [-0.1, -0.05) is 6.07 Å². The Kier molecular flexibility index (Phi) is 4.04. The van der Waals surface area contributed by atoms with Crippen LogP contribution in [0.15, 0.2) is 40.3 Å². The van der Waals surface area contributed by atoms with E-state index in [9.17, 15) is 4.79 Å². The van der Waals surface area contributed by atoms with Crippen molar-refractivity contribution < 1.29 is 9.21 Å². The van der Waals surface area contributed by atoms with Crippen LogP contribution in [0.3, 0.4) is 0 Å². The molecule has 0 saturated carbocycles. The summed E-state index contributed by atoms with van der Waals surface area (Å²) in [7, 11) is 0. The minimum atomic E-state index is -0.658. The number of carbonyl (C=O) groups is 1. The predicted molar refractivity (Wildman–Crippen MR) is 88.2 cm³/mol. The van der Waals surface area contributed by atoms with Gasteiger partial charge in [-0.2, -0.15) is 0 Å². The van der Waals surface area contributed by atoms with E-state index < -0.39 is 5.54 Å². The summed E-state index contributed by atoms with van der Waals surface area (Å²) in [6.45, 7) is 6.48. The second-order valence-corrected chi connectivity index (χ2v) is 6.56. The Morgan fingerprint density at radius 1 is 1.39 bits per heavy atom. The fourth-order valence-electron chi connectivity index (χ4n) is 2.34. The number of thiophene rings is 1. The number of nitrogens with one attached hydrogen (secondary N) is 1. The molecule has 6 nitrogen and oxygen atoms in total. The fraction of sp³-hybridized carbons (Fsp3) is 0.312. The van der Waals surface area contributed by atoms with Gasteiger partial charge in [0.2, 0.25) is 5.82 Å². The molecular formula is C16H18N4O2S. The Morgan fingerprint density at radius 2 is 2.22 bits per heavy atom. The van der Waals surface area contributed by atoms with Gasteiger partial charge in [-0.25, -0.2) is 9.67 Å². The molecule has 7 heteroatoms. The van der Waals surface area contributed by atoms with E-state index in [0.29, 0.717) is 28.8 Å². The van der Waals surface area contributed by atoms with Crippen LogP contribution in [0.2, 0.25) is 0 Å². The second kappa shape index (κ2) is 6.00. The number of amides is 1. The van der Waals surface area contributed by atoms with E-state index in [1.807, 2.05) is 38.3 Å². The van der Waals surface area contributed by atoms with Gasteiger partial charge in [-0.3, -0.25) is 4.79 Å². The van der Waals surface area contributed by atoms with Crippen LogP contribution >= 0.6 is 11.3 Å². The molecule has 0 aliphatic rings. The molecule has 3 aromatic heterocycles. The first-order chi connectivity index (χ1) is 11.0. The van der Waals surface area contributed by atoms with Gasteiger partial charge in [0.15, 0.2) is 11.6 Å². The summed E-state index contributed by atoms with van der Waals surface area (Å²) in [5.74, 6) is 1.70. The molecule has 0 aromatic carbocycles. The highest BCUT2D eigenvalue weighted by Crippen LogP contribution is 2.24. The second-order valence-electron chi connectivity index (χ2n) is 5.61. The van der Waals surface area contributed by atoms with Crippen LogP contribution in [-0.2, 0) is 12.1 Å². The molecule has 0 saturated heterocycles. The minimum absolute atomic E-state index is 0.116. The third kappa shape index (κ3) is 3.05. The van der Waals surface area contributed by atoms with Gasteiger partial charge in [0.05, 0.1) is 16.7 Å². The average Bonchev–Trinajstić information content (AvgIpc) is 3.25. The number of hydrogen-bond donors (Lipinski definition) is 1. The lowest BCUT2D eigenvalue weighted by molar-refractivity contribution is 0.0910. The Hall–Kier alpha value is -2.41. The standard InChI is InChI=1S/C16H18N4O2S/c1-4-20-15(17-13(19-20)11-7-5-9-22-11)16(2,3)18-14(21)12-8-6-10-23-12/h5-10H,4H2,1-3H3,(H,18,21). The van der Waals surface area contributed by atoms with Crippen molar-refractivity contribution in [2.75, 3.05) is 0 Å². The van der Waals surface area contributed by atoms with Gasteiger partial charge < -0.3 is 9.73 Å². The predicted octanol–water partition coefficient (Wildman–Crippen LogP) is 3.28. The molecule has 120 valence electrons. The number of aryl methyl sites for hydroxylation is 1. The van der Waals surface area contributed by atoms with Crippen molar-refractivity contribution in [2.45, 2.75) is 32.9 Å². The fourth-order valence-corrected chi connectivity index (χ4v) is 2.96. The van der Waals surface area contributed by atoms with Crippen molar-refractivity contribution in [2.24, 2.45) is 0 Å². The molecule has 3 aromatic rings. The summed E-state index contributed by atoms with van der Waals surface area (Å²) < 4.78 is 7.15. The van der Waals surface area contributed by atoms with Crippen LogP contribution in [0.4, 0.5) is 0 Å². The maximum Gasteiger partial charge on any atom is 0.262 e. The Morgan fingerprint density at radius 3 is 2.83 bits per heavy atom. The number of rotatable bonds is 5. The maximum absolute atomic E-state index is 12.4. The van der Waals surface area contributed by atoms with Crippen molar-refractivity contribution in [1.82, 2.24) is 20.1 Å². The normalized spacial score (nSPS) is 11.6. The Bertz CT molecular complexity index is 788. The lowest BCUT2D eigenvalue weighted by atomic mass is 10.0. The highest BCUT2D eigenvalue weighted by atomic mass is 32.1.